The maximum absolute atomic E-state index is 12.5. The molecule has 2 aliphatic rings. The Kier molecular flexibility index (Phi) is 6.87. The van der Waals surface area contributed by atoms with Gasteiger partial charge in [0.2, 0.25) is 0 Å². The van der Waals surface area contributed by atoms with Gasteiger partial charge >= 0.3 is 6.36 Å². The SMILES string of the molecule is COC1=C(C(=O)NC2=CC=C(OC(F)(F)F)CC2)C=C(COCO)CC1. The zero-order valence-electron chi connectivity index (χ0n) is 14.2. The number of carbonyl (C=O) groups excluding carboxylic acids is 1. The molecule has 0 unspecified atom stereocenters. The van der Waals surface area contributed by atoms with Crippen LogP contribution in [-0.2, 0) is 19.0 Å². The lowest BCUT2D eigenvalue weighted by Gasteiger charge is -2.21. The van der Waals surface area contributed by atoms with E-state index in [0.717, 1.165) is 5.57 Å². The molecular weight excluding hydrogens is 355 g/mol. The monoisotopic (exact) mass is 375 g/mol. The number of halogens is 3. The van der Waals surface area contributed by atoms with Crippen LogP contribution in [0.1, 0.15) is 25.7 Å². The Labute approximate surface area is 148 Å². The molecule has 0 bridgehead atoms. The Bertz CT molecular complexity index is 662. The van der Waals surface area contributed by atoms with Crippen LogP contribution in [0.2, 0.25) is 0 Å². The number of aliphatic hydroxyl groups is 1. The molecule has 0 spiro atoms. The van der Waals surface area contributed by atoms with Crippen LogP contribution in [0, 0.1) is 0 Å². The highest BCUT2D eigenvalue weighted by molar-refractivity contribution is 5.98. The van der Waals surface area contributed by atoms with Crippen molar-refractivity contribution in [1.29, 1.82) is 0 Å². The molecule has 0 saturated heterocycles. The highest BCUT2D eigenvalue weighted by Gasteiger charge is 2.32. The van der Waals surface area contributed by atoms with Gasteiger partial charge < -0.3 is 24.6 Å². The van der Waals surface area contributed by atoms with Crippen molar-refractivity contribution in [2.45, 2.75) is 32.0 Å². The van der Waals surface area contributed by atoms with Crippen molar-refractivity contribution in [1.82, 2.24) is 5.32 Å². The minimum atomic E-state index is -4.72. The second-order valence-electron chi connectivity index (χ2n) is 5.65. The van der Waals surface area contributed by atoms with E-state index in [2.05, 4.69) is 10.1 Å². The number of aliphatic hydroxyl groups excluding tert-OH is 1. The summed E-state index contributed by atoms with van der Waals surface area (Å²) in [6.45, 7) is -0.213. The van der Waals surface area contributed by atoms with Gasteiger partial charge in [-0.05, 0) is 36.6 Å². The molecule has 0 aliphatic heterocycles. The maximum Gasteiger partial charge on any atom is 0.572 e. The van der Waals surface area contributed by atoms with E-state index >= 15 is 0 Å². The summed E-state index contributed by atoms with van der Waals surface area (Å²) in [6, 6.07) is 0. The fourth-order valence-electron chi connectivity index (χ4n) is 2.63. The molecule has 26 heavy (non-hydrogen) atoms. The molecule has 0 atom stereocenters. The highest BCUT2D eigenvalue weighted by Crippen LogP contribution is 2.28. The Morgan fingerprint density at radius 3 is 2.58 bits per heavy atom. The first-order valence-electron chi connectivity index (χ1n) is 7.94. The average Bonchev–Trinajstić information content (AvgIpc) is 2.60. The van der Waals surface area contributed by atoms with Gasteiger partial charge in [0.05, 0.1) is 19.3 Å². The molecule has 2 rings (SSSR count). The first-order valence-corrected chi connectivity index (χ1v) is 7.94. The molecule has 0 heterocycles. The summed E-state index contributed by atoms with van der Waals surface area (Å²) < 4.78 is 50.6. The van der Waals surface area contributed by atoms with E-state index in [4.69, 9.17) is 14.6 Å². The second kappa shape index (κ2) is 8.91. The molecule has 6 nitrogen and oxygen atoms in total. The second-order valence-corrected chi connectivity index (χ2v) is 5.65. The lowest BCUT2D eigenvalue weighted by molar-refractivity contribution is -0.306. The van der Waals surface area contributed by atoms with Gasteiger partial charge in [0, 0.05) is 18.5 Å². The summed E-state index contributed by atoms with van der Waals surface area (Å²) in [5.74, 6) is -0.0977. The summed E-state index contributed by atoms with van der Waals surface area (Å²) in [5.41, 5.74) is 1.65. The van der Waals surface area contributed by atoms with E-state index in [1.807, 2.05) is 0 Å². The van der Waals surface area contributed by atoms with Crippen LogP contribution in [0.3, 0.4) is 0 Å². The molecule has 0 aromatic heterocycles. The number of methoxy groups -OCH3 is 1. The molecule has 2 aliphatic carbocycles. The zero-order chi connectivity index (χ0) is 19.2. The Morgan fingerprint density at radius 1 is 1.23 bits per heavy atom. The van der Waals surface area contributed by atoms with Crippen molar-refractivity contribution in [3.63, 3.8) is 0 Å². The minimum Gasteiger partial charge on any atom is -0.500 e. The van der Waals surface area contributed by atoms with Crippen LogP contribution in [0.15, 0.2) is 46.6 Å². The lowest BCUT2D eigenvalue weighted by Crippen LogP contribution is -2.27. The van der Waals surface area contributed by atoms with E-state index in [-0.39, 0.29) is 25.2 Å². The van der Waals surface area contributed by atoms with E-state index in [1.165, 1.54) is 19.3 Å². The number of ether oxygens (including phenoxy) is 3. The molecule has 144 valence electrons. The molecule has 9 heteroatoms. The summed E-state index contributed by atoms with van der Waals surface area (Å²) in [6.07, 6.45) is 0.906. The normalized spacial score (nSPS) is 18.0. The molecule has 0 fully saturated rings. The van der Waals surface area contributed by atoms with Gasteiger partial charge in [-0.15, -0.1) is 13.2 Å². The van der Waals surface area contributed by atoms with E-state index in [9.17, 15) is 18.0 Å². The first-order chi connectivity index (χ1) is 12.3. The molecule has 1 amide bonds. The Morgan fingerprint density at radius 2 is 2.00 bits per heavy atom. The first kappa shape index (κ1) is 20.1. The van der Waals surface area contributed by atoms with E-state index < -0.39 is 19.1 Å². The van der Waals surface area contributed by atoms with E-state index in [0.29, 0.717) is 29.9 Å². The van der Waals surface area contributed by atoms with Crippen molar-refractivity contribution in [3.05, 3.63) is 46.6 Å². The zero-order valence-corrected chi connectivity index (χ0v) is 14.2. The fourth-order valence-corrected chi connectivity index (χ4v) is 2.63. The van der Waals surface area contributed by atoms with Crippen molar-refractivity contribution >= 4 is 5.91 Å². The standard InChI is InChI=1S/C17H20F3NO5/c1-24-15-7-2-11(9-25-10-22)8-14(15)16(23)21-12-3-5-13(6-4-12)26-17(18,19)20/h3,5,8,22H,2,4,6-7,9-10H2,1H3,(H,21,23). The smallest absolute Gasteiger partial charge is 0.500 e. The van der Waals surface area contributed by atoms with Gasteiger partial charge in [-0.1, -0.05) is 0 Å². The number of carbonyl (C=O) groups is 1. The molecule has 2 N–H and O–H groups in total. The third-order valence-corrected chi connectivity index (χ3v) is 3.82. The van der Waals surface area contributed by atoms with Gasteiger partial charge in [-0.3, -0.25) is 4.79 Å². The third kappa shape index (κ3) is 5.92. The van der Waals surface area contributed by atoms with Crippen LogP contribution in [0.25, 0.3) is 0 Å². The molecule has 0 aromatic carbocycles. The topological polar surface area (TPSA) is 77.0 Å². The predicted molar refractivity (Wildman–Crippen MR) is 85.1 cm³/mol. The van der Waals surface area contributed by atoms with Crippen molar-refractivity contribution in [3.8, 4) is 0 Å². The quantitative estimate of drug-likeness (QED) is 0.669. The summed E-state index contributed by atoms with van der Waals surface area (Å²) in [7, 11) is 1.47. The number of allylic oxidation sites excluding steroid dienone is 5. The number of nitrogens with one attached hydrogen (secondary N) is 1. The van der Waals surface area contributed by atoms with Crippen LogP contribution in [0.5, 0.6) is 0 Å². The number of rotatable bonds is 7. The van der Waals surface area contributed by atoms with Gasteiger partial charge in [-0.2, -0.15) is 0 Å². The maximum atomic E-state index is 12.5. The number of alkyl halides is 3. The Hall–Kier alpha value is -2.26. The molecular formula is C17H20F3NO5. The largest absolute Gasteiger partial charge is 0.572 e. The lowest BCUT2D eigenvalue weighted by atomic mass is 9.97. The van der Waals surface area contributed by atoms with Gasteiger partial charge in [-0.25, -0.2) is 0 Å². The van der Waals surface area contributed by atoms with Crippen molar-refractivity contribution in [2.75, 3.05) is 20.5 Å². The van der Waals surface area contributed by atoms with Crippen LogP contribution < -0.4 is 5.32 Å². The van der Waals surface area contributed by atoms with E-state index in [1.54, 1.807) is 6.08 Å². The van der Waals surface area contributed by atoms with Gasteiger partial charge in [0.15, 0.2) is 0 Å². The van der Waals surface area contributed by atoms with Crippen molar-refractivity contribution in [2.24, 2.45) is 0 Å². The Balaban J connectivity index is 2.06. The number of hydrogen-bond acceptors (Lipinski definition) is 5. The van der Waals surface area contributed by atoms with Crippen molar-refractivity contribution < 1.29 is 37.3 Å². The predicted octanol–water partition coefficient (Wildman–Crippen LogP) is 2.79. The third-order valence-electron chi connectivity index (χ3n) is 3.82. The number of amides is 1. The highest BCUT2D eigenvalue weighted by atomic mass is 19.4. The number of hydrogen-bond donors (Lipinski definition) is 2. The van der Waals surface area contributed by atoms with Crippen LogP contribution in [0.4, 0.5) is 13.2 Å². The average molecular weight is 375 g/mol. The van der Waals surface area contributed by atoms with Gasteiger partial charge in [0.25, 0.3) is 5.91 Å². The minimum absolute atomic E-state index is 0.0350. The molecule has 0 radical (unpaired) electrons. The van der Waals surface area contributed by atoms with Gasteiger partial charge in [0.1, 0.15) is 18.3 Å². The molecule has 0 saturated carbocycles. The van der Waals surface area contributed by atoms with Crippen LogP contribution in [-0.4, -0.2) is 37.9 Å². The molecule has 0 aromatic rings. The fraction of sp³-hybridized carbons (Fsp3) is 0.471. The summed E-state index contributed by atoms with van der Waals surface area (Å²) in [4.78, 5) is 12.5. The van der Waals surface area contributed by atoms with Crippen LogP contribution >= 0.6 is 0 Å². The summed E-state index contributed by atoms with van der Waals surface area (Å²) >= 11 is 0. The summed E-state index contributed by atoms with van der Waals surface area (Å²) in [5, 5.41) is 11.4.